The van der Waals surface area contributed by atoms with Gasteiger partial charge in [-0.05, 0) is 18.9 Å². The minimum absolute atomic E-state index is 0. The highest BCUT2D eigenvalue weighted by Crippen LogP contribution is 2.18. The highest BCUT2D eigenvalue weighted by atomic mass is 35.5. The van der Waals surface area contributed by atoms with E-state index in [2.05, 4.69) is 26.6 Å². The van der Waals surface area contributed by atoms with Crippen molar-refractivity contribution in [3.8, 4) is 0 Å². The van der Waals surface area contributed by atoms with Crippen molar-refractivity contribution in [2.45, 2.75) is 122 Å². The molecular formula is C26H52ClNO. The molecule has 1 aliphatic heterocycles. The third kappa shape index (κ3) is 18.4. The molecule has 29 heavy (non-hydrogen) atoms. The fourth-order valence-corrected chi connectivity index (χ4v) is 4.34. The lowest BCUT2D eigenvalue weighted by Crippen LogP contribution is -3.00. The molecule has 0 amide bonds. The number of nitrogens with zero attached hydrogens (tertiary/aromatic N) is 1. The maximum absolute atomic E-state index is 5.38. The summed E-state index contributed by atoms with van der Waals surface area (Å²) in [5, 5.41) is 0. The first-order chi connectivity index (χ1) is 13.7. The molecule has 1 rings (SSSR count). The Morgan fingerprint density at radius 3 is 1.55 bits per heavy atom. The van der Waals surface area contributed by atoms with Crippen LogP contribution in [0.15, 0.2) is 12.7 Å². The van der Waals surface area contributed by atoms with Crippen LogP contribution in [0, 0.1) is 0 Å². The van der Waals surface area contributed by atoms with Crippen molar-refractivity contribution in [3.05, 3.63) is 12.7 Å². The van der Waals surface area contributed by atoms with Crippen LogP contribution in [0.25, 0.3) is 0 Å². The number of rotatable bonds is 22. The van der Waals surface area contributed by atoms with Gasteiger partial charge >= 0.3 is 0 Å². The molecule has 0 aliphatic carbocycles. The molecular weight excluding hydrogens is 378 g/mol. The molecule has 1 fully saturated rings. The zero-order valence-corrected chi connectivity index (χ0v) is 20.7. The Kier molecular flexibility index (Phi) is 19.9. The first-order valence-electron chi connectivity index (χ1n) is 12.8. The Labute approximate surface area is 189 Å². The smallest absolute Gasteiger partial charge is 0.0969 e. The van der Waals surface area contributed by atoms with Gasteiger partial charge in [0, 0.05) is 6.42 Å². The summed E-state index contributed by atoms with van der Waals surface area (Å²) in [7, 11) is 2.40. The van der Waals surface area contributed by atoms with E-state index in [9.17, 15) is 0 Å². The Balaban J connectivity index is 0.00000784. The summed E-state index contributed by atoms with van der Waals surface area (Å²) < 4.78 is 6.54. The molecule has 174 valence electrons. The van der Waals surface area contributed by atoms with E-state index in [-0.39, 0.29) is 12.4 Å². The number of likely N-dealkylation sites (N-methyl/N-ethyl adjacent to an activating group) is 1. The van der Waals surface area contributed by atoms with Gasteiger partial charge in [-0.1, -0.05) is 103 Å². The van der Waals surface area contributed by atoms with Crippen LogP contribution >= 0.6 is 0 Å². The largest absolute Gasteiger partial charge is 1.00 e. The van der Waals surface area contributed by atoms with Crippen LogP contribution < -0.4 is 12.4 Å². The van der Waals surface area contributed by atoms with Crippen LogP contribution in [0.1, 0.15) is 116 Å². The third-order valence-corrected chi connectivity index (χ3v) is 6.51. The Hall–Kier alpha value is -0.0500. The second-order valence-electron chi connectivity index (χ2n) is 9.59. The minimum Gasteiger partial charge on any atom is -1.00 e. The van der Waals surface area contributed by atoms with E-state index in [0.29, 0.717) is 6.10 Å². The predicted octanol–water partition coefficient (Wildman–Crippen LogP) is 4.67. The van der Waals surface area contributed by atoms with Crippen molar-refractivity contribution < 1.29 is 21.6 Å². The molecule has 1 heterocycles. The van der Waals surface area contributed by atoms with E-state index in [1.807, 2.05) is 0 Å². The lowest BCUT2D eigenvalue weighted by Gasteiger charge is -2.33. The van der Waals surface area contributed by atoms with E-state index in [0.717, 1.165) is 17.6 Å². The maximum Gasteiger partial charge on any atom is 0.0969 e. The highest BCUT2D eigenvalue weighted by molar-refractivity contribution is 4.70. The number of hydrogen-bond donors (Lipinski definition) is 0. The van der Waals surface area contributed by atoms with E-state index in [1.165, 1.54) is 122 Å². The van der Waals surface area contributed by atoms with Crippen molar-refractivity contribution in [2.75, 3.05) is 33.3 Å². The Morgan fingerprint density at radius 1 is 0.759 bits per heavy atom. The van der Waals surface area contributed by atoms with Gasteiger partial charge in [0.15, 0.2) is 0 Å². The molecule has 1 saturated heterocycles. The molecule has 0 N–H and O–H groups in total. The molecule has 0 aromatic rings. The van der Waals surface area contributed by atoms with Gasteiger partial charge in [0.2, 0.25) is 0 Å². The highest BCUT2D eigenvalue weighted by Gasteiger charge is 2.27. The molecule has 0 aromatic carbocycles. The summed E-state index contributed by atoms with van der Waals surface area (Å²) in [5.74, 6) is 0. The van der Waals surface area contributed by atoms with Gasteiger partial charge in [0.05, 0.1) is 39.4 Å². The van der Waals surface area contributed by atoms with Crippen LogP contribution in [0.2, 0.25) is 0 Å². The number of ether oxygens (including phenoxy) is 1. The van der Waals surface area contributed by atoms with E-state index < -0.39 is 0 Å². The van der Waals surface area contributed by atoms with Crippen LogP contribution in [-0.4, -0.2) is 43.9 Å². The molecule has 0 bridgehead atoms. The lowest BCUT2D eigenvalue weighted by atomic mass is 10.0. The molecule has 0 aromatic heterocycles. The summed E-state index contributed by atoms with van der Waals surface area (Å²) >= 11 is 0. The van der Waals surface area contributed by atoms with Gasteiger partial charge in [-0.15, -0.1) is 0 Å². The first kappa shape index (κ1) is 28.9. The van der Waals surface area contributed by atoms with Crippen molar-refractivity contribution in [3.63, 3.8) is 0 Å². The fourth-order valence-electron chi connectivity index (χ4n) is 4.34. The van der Waals surface area contributed by atoms with Crippen LogP contribution in [0.3, 0.4) is 0 Å². The number of epoxide rings is 1. The second kappa shape index (κ2) is 19.9. The van der Waals surface area contributed by atoms with E-state index in [1.54, 1.807) is 0 Å². The summed E-state index contributed by atoms with van der Waals surface area (Å²) in [6.07, 6.45) is 27.0. The lowest BCUT2D eigenvalue weighted by molar-refractivity contribution is -0.904. The zero-order valence-electron chi connectivity index (χ0n) is 19.9. The Bertz CT molecular complexity index is 359. The monoisotopic (exact) mass is 429 g/mol. The van der Waals surface area contributed by atoms with Crippen molar-refractivity contribution in [2.24, 2.45) is 0 Å². The van der Waals surface area contributed by atoms with Gasteiger partial charge < -0.3 is 21.6 Å². The number of quaternary nitrogens is 1. The molecule has 1 aliphatic rings. The quantitative estimate of drug-likeness (QED) is 0.105. The third-order valence-electron chi connectivity index (χ3n) is 6.51. The normalized spacial score (nSPS) is 17.5. The standard InChI is InChI=1S/C26H52NO.ClH/c1-4-6-7-8-9-10-11-12-13-14-15-16-17-18-19-20-23-27(3,22-5-2)24-21-26-25-28-26;/h5,26H,2,4,6-25H2,1,3H3;1H/q+1;/p-1. The summed E-state index contributed by atoms with van der Waals surface area (Å²) in [4.78, 5) is 0. The topological polar surface area (TPSA) is 12.5 Å². The SMILES string of the molecule is C=CC[N+](C)(CCCCCCCCCCCCCCCCCC)CCC1CO1.[Cl-]. The predicted molar refractivity (Wildman–Crippen MR) is 125 cm³/mol. The van der Waals surface area contributed by atoms with Crippen molar-refractivity contribution in [1.82, 2.24) is 0 Å². The van der Waals surface area contributed by atoms with Gasteiger partial charge in [-0.2, -0.15) is 0 Å². The van der Waals surface area contributed by atoms with Gasteiger partial charge in [-0.25, -0.2) is 0 Å². The number of hydrogen-bond acceptors (Lipinski definition) is 1. The number of unbranched alkanes of at least 4 members (excludes halogenated alkanes) is 15. The van der Waals surface area contributed by atoms with Crippen molar-refractivity contribution >= 4 is 0 Å². The Morgan fingerprint density at radius 2 is 1.17 bits per heavy atom. The summed E-state index contributed by atoms with van der Waals surface area (Å²) in [6, 6.07) is 0. The molecule has 2 nitrogen and oxygen atoms in total. The van der Waals surface area contributed by atoms with E-state index >= 15 is 0 Å². The second-order valence-corrected chi connectivity index (χ2v) is 9.59. The molecule has 0 saturated carbocycles. The fraction of sp³-hybridized carbons (Fsp3) is 0.923. The van der Waals surface area contributed by atoms with Crippen LogP contribution in [0.4, 0.5) is 0 Å². The number of halogens is 1. The molecule has 2 atom stereocenters. The first-order valence-corrected chi connectivity index (χ1v) is 12.8. The summed E-state index contributed by atoms with van der Waals surface area (Å²) in [5.41, 5.74) is 0. The van der Waals surface area contributed by atoms with Crippen LogP contribution in [-0.2, 0) is 4.74 Å². The average Bonchev–Trinajstić information content (AvgIpc) is 3.51. The maximum atomic E-state index is 5.38. The van der Waals surface area contributed by atoms with Crippen molar-refractivity contribution in [1.29, 1.82) is 0 Å². The molecule has 0 spiro atoms. The zero-order chi connectivity index (χ0) is 20.3. The average molecular weight is 430 g/mol. The van der Waals surface area contributed by atoms with Crippen LogP contribution in [0.5, 0.6) is 0 Å². The van der Waals surface area contributed by atoms with Gasteiger partial charge in [-0.3, -0.25) is 0 Å². The summed E-state index contributed by atoms with van der Waals surface area (Å²) in [6.45, 7) is 10.9. The minimum atomic E-state index is 0. The molecule has 0 radical (unpaired) electrons. The molecule has 3 heteroatoms. The van der Waals surface area contributed by atoms with Gasteiger partial charge in [0.1, 0.15) is 0 Å². The van der Waals surface area contributed by atoms with Gasteiger partial charge in [0.25, 0.3) is 0 Å². The van der Waals surface area contributed by atoms with E-state index in [4.69, 9.17) is 4.74 Å². The molecule has 2 unspecified atom stereocenters.